The molecule has 6 heteroatoms. The number of nitrogens with zero attached hydrogens (tertiary/aromatic N) is 3. The minimum atomic E-state index is -0.191. The SMILES string of the molecule is c1ccc(Sc2ccc3c(c2)c2ccc4c5ccccc5oc4c2n3C2=NC(c3ccccc3)[NH2+]C(c3ccccc3)=N2)cc1. The number of nitrogens with two attached hydrogens (primary N) is 1. The van der Waals surface area contributed by atoms with E-state index in [1.54, 1.807) is 11.8 Å². The van der Waals surface area contributed by atoms with Gasteiger partial charge in [-0.2, -0.15) is 9.98 Å². The summed E-state index contributed by atoms with van der Waals surface area (Å²) in [5.74, 6) is 1.54. The number of para-hydroxylation sites is 1. The van der Waals surface area contributed by atoms with Crippen molar-refractivity contribution in [2.24, 2.45) is 9.98 Å². The van der Waals surface area contributed by atoms with E-state index in [0.29, 0.717) is 5.96 Å². The van der Waals surface area contributed by atoms with Crippen molar-refractivity contribution in [3.05, 3.63) is 157 Å². The van der Waals surface area contributed by atoms with Crippen molar-refractivity contribution in [2.75, 3.05) is 0 Å². The molecule has 0 radical (unpaired) electrons. The zero-order valence-electron chi connectivity index (χ0n) is 24.2. The Morgan fingerprint density at radius 1 is 0.622 bits per heavy atom. The van der Waals surface area contributed by atoms with E-state index >= 15 is 0 Å². The molecule has 1 unspecified atom stereocenters. The van der Waals surface area contributed by atoms with Gasteiger partial charge >= 0.3 is 0 Å². The van der Waals surface area contributed by atoms with Crippen LogP contribution in [0.25, 0.3) is 43.7 Å². The fourth-order valence-electron chi connectivity index (χ4n) is 6.34. The number of rotatable bonds is 4. The minimum absolute atomic E-state index is 0.191. The summed E-state index contributed by atoms with van der Waals surface area (Å²) in [6.45, 7) is 0. The first-order valence-corrected chi connectivity index (χ1v) is 15.9. The summed E-state index contributed by atoms with van der Waals surface area (Å²) in [5.41, 5.74) is 5.90. The molecule has 2 N–H and O–H groups in total. The lowest BCUT2D eigenvalue weighted by Gasteiger charge is -2.20. The number of furan rings is 1. The fourth-order valence-corrected chi connectivity index (χ4v) is 7.22. The largest absolute Gasteiger partial charge is 0.454 e. The van der Waals surface area contributed by atoms with Crippen LogP contribution in [-0.2, 0) is 0 Å². The van der Waals surface area contributed by atoms with Gasteiger partial charge in [0, 0.05) is 36.9 Å². The average molecular weight is 600 g/mol. The third kappa shape index (κ3) is 4.46. The molecule has 2 aromatic heterocycles. The summed E-state index contributed by atoms with van der Waals surface area (Å²) in [5, 5.41) is 6.58. The van der Waals surface area contributed by atoms with Crippen molar-refractivity contribution in [1.82, 2.24) is 4.57 Å². The van der Waals surface area contributed by atoms with E-state index in [4.69, 9.17) is 14.4 Å². The second-order valence-electron chi connectivity index (χ2n) is 11.2. The second kappa shape index (κ2) is 10.6. The van der Waals surface area contributed by atoms with Gasteiger partial charge in [0.2, 0.25) is 18.0 Å². The normalized spacial score (nSPS) is 15.2. The molecule has 0 amide bonds. The van der Waals surface area contributed by atoms with Crippen LogP contribution in [0.2, 0.25) is 0 Å². The monoisotopic (exact) mass is 599 g/mol. The molecule has 1 aliphatic rings. The first-order chi connectivity index (χ1) is 22.3. The van der Waals surface area contributed by atoms with Gasteiger partial charge < -0.3 is 4.42 Å². The van der Waals surface area contributed by atoms with Crippen LogP contribution in [0.4, 0.5) is 0 Å². The highest BCUT2D eigenvalue weighted by Crippen LogP contribution is 2.41. The lowest BCUT2D eigenvalue weighted by Crippen LogP contribution is -2.90. The Balaban J connectivity index is 1.34. The van der Waals surface area contributed by atoms with E-state index < -0.39 is 0 Å². The number of quaternary nitrogens is 1. The number of aliphatic imine (C=N–C) groups is 2. The van der Waals surface area contributed by atoms with E-state index in [9.17, 15) is 0 Å². The molecule has 45 heavy (non-hydrogen) atoms. The molecule has 214 valence electrons. The predicted molar refractivity (Wildman–Crippen MR) is 184 cm³/mol. The molecule has 0 spiro atoms. The Labute approximate surface area is 263 Å². The highest BCUT2D eigenvalue weighted by Gasteiger charge is 2.28. The molecule has 1 atom stereocenters. The number of fused-ring (bicyclic) bond motifs is 7. The summed E-state index contributed by atoms with van der Waals surface area (Å²) < 4.78 is 8.84. The zero-order chi connectivity index (χ0) is 29.7. The highest BCUT2D eigenvalue weighted by molar-refractivity contribution is 7.99. The molecule has 0 fully saturated rings. The van der Waals surface area contributed by atoms with Gasteiger partial charge in [0.25, 0.3) is 0 Å². The van der Waals surface area contributed by atoms with Gasteiger partial charge in [-0.15, -0.1) is 0 Å². The third-order valence-corrected chi connectivity index (χ3v) is 9.42. The summed E-state index contributed by atoms with van der Waals surface area (Å²) in [6, 6.07) is 50.6. The van der Waals surface area contributed by atoms with Crippen LogP contribution in [0.1, 0.15) is 17.3 Å². The van der Waals surface area contributed by atoms with Gasteiger partial charge in [0.15, 0.2) is 5.58 Å². The zero-order valence-corrected chi connectivity index (χ0v) is 25.0. The molecule has 3 heterocycles. The quantitative estimate of drug-likeness (QED) is 0.220. The Morgan fingerprint density at radius 3 is 2.16 bits per heavy atom. The topological polar surface area (TPSA) is 59.4 Å². The van der Waals surface area contributed by atoms with Crippen LogP contribution in [0.5, 0.6) is 0 Å². The number of benzene rings is 6. The van der Waals surface area contributed by atoms with Crippen LogP contribution in [0.15, 0.2) is 170 Å². The van der Waals surface area contributed by atoms with Gasteiger partial charge in [0.1, 0.15) is 11.1 Å². The van der Waals surface area contributed by atoms with E-state index in [-0.39, 0.29) is 6.17 Å². The molecule has 5 nitrogen and oxygen atoms in total. The fraction of sp³-hybridized carbons (Fsp3) is 0.0256. The van der Waals surface area contributed by atoms with Gasteiger partial charge in [-0.25, -0.2) is 0 Å². The highest BCUT2D eigenvalue weighted by atomic mass is 32.2. The van der Waals surface area contributed by atoms with Crippen molar-refractivity contribution < 1.29 is 9.73 Å². The van der Waals surface area contributed by atoms with Crippen molar-refractivity contribution in [3.8, 4) is 0 Å². The maximum Gasteiger partial charge on any atom is 0.240 e. The first kappa shape index (κ1) is 26.0. The van der Waals surface area contributed by atoms with Crippen molar-refractivity contribution in [2.45, 2.75) is 16.0 Å². The van der Waals surface area contributed by atoms with Crippen LogP contribution in [0.3, 0.4) is 0 Å². The third-order valence-electron chi connectivity index (χ3n) is 8.42. The molecule has 6 aromatic carbocycles. The molecule has 8 aromatic rings. The van der Waals surface area contributed by atoms with Crippen LogP contribution >= 0.6 is 11.8 Å². The number of hydrogen-bond acceptors (Lipinski definition) is 4. The summed E-state index contributed by atoms with van der Waals surface area (Å²) >= 11 is 1.76. The molecule has 9 rings (SSSR count). The summed E-state index contributed by atoms with van der Waals surface area (Å²) in [6.07, 6.45) is -0.191. The second-order valence-corrected chi connectivity index (χ2v) is 12.3. The average Bonchev–Trinajstić information content (AvgIpc) is 3.65. The van der Waals surface area contributed by atoms with E-state index in [1.165, 1.54) is 9.79 Å². The Kier molecular flexibility index (Phi) is 6.14. The van der Waals surface area contributed by atoms with Crippen LogP contribution in [-0.4, -0.2) is 16.4 Å². The molecular formula is C39H27N4OS+. The van der Waals surface area contributed by atoms with Gasteiger partial charge in [-0.05, 0) is 54.6 Å². The number of amidine groups is 1. The minimum Gasteiger partial charge on any atom is -0.454 e. The molecule has 0 saturated heterocycles. The smallest absolute Gasteiger partial charge is 0.240 e. The van der Waals surface area contributed by atoms with Crippen molar-refractivity contribution in [1.29, 1.82) is 0 Å². The van der Waals surface area contributed by atoms with Crippen molar-refractivity contribution >= 4 is 67.3 Å². The molecule has 0 saturated carbocycles. The van der Waals surface area contributed by atoms with E-state index in [2.05, 4.69) is 131 Å². The van der Waals surface area contributed by atoms with Gasteiger partial charge in [-0.3, -0.25) is 9.88 Å². The number of aromatic nitrogens is 1. The molecular weight excluding hydrogens is 573 g/mol. The number of hydrogen-bond donors (Lipinski definition) is 1. The Bertz CT molecular complexity index is 2430. The van der Waals surface area contributed by atoms with E-state index in [0.717, 1.165) is 60.7 Å². The van der Waals surface area contributed by atoms with Gasteiger partial charge in [-0.1, -0.05) is 103 Å². The molecule has 0 bridgehead atoms. The van der Waals surface area contributed by atoms with Crippen LogP contribution in [0, 0.1) is 0 Å². The summed E-state index contributed by atoms with van der Waals surface area (Å²) in [7, 11) is 0. The Morgan fingerprint density at radius 2 is 1.33 bits per heavy atom. The van der Waals surface area contributed by atoms with Gasteiger partial charge in [0.05, 0.1) is 11.1 Å². The maximum absolute atomic E-state index is 6.64. The van der Waals surface area contributed by atoms with Crippen molar-refractivity contribution in [3.63, 3.8) is 0 Å². The standard InChI is InChI=1S/C39H26N4OS/c1-4-12-25(13-5-1)37-40-38(26-14-6-2-7-15-26)42-39(41-37)43-33-23-20-28(45-27-16-8-3-9-17-27)24-32(33)30-21-22-31-29-18-10-11-19-34(29)44-36(31)35(30)43/h1-24,37H,(H,40,41,42)/p+1. The maximum atomic E-state index is 6.64. The molecule has 0 aliphatic carbocycles. The summed E-state index contributed by atoms with van der Waals surface area (Å²) in [4.78, 5) is 12.9. The van der Waals surface area contributed by atoms with Crippen LogP contribution < -0.4 is 5.32 Å². The van der Waals surface area contributed by atoms with E-state index in [1.807, 2.05) is 24.3 Å². The predicted octanol–water partition coefficient (Wildman–Crippen LogP) is 8.77. The lowest BCUT2D eigenvalue weighted by molar-refractivity contribution is -0.586. The molecule has 1 aliphatic heterocycles. The lowest BCUT2D eigenvalue weighted by atomic mass is 10.1. The first-order valence-electron chi connectivity index (χ1n) is 15.0. The Hall–Kier alpha value is -5.43.